The zero-order valence-electron chi connectivity index (χ0n) is 13.1. The normalized spacial score (nSPS) is 11.8. The lowest BCUT2D eigenvalue weighted by Gasteiger charge is -2.13. The van der Waals surface area contributed by atoms with Crippen LogP contribution in [-0.2, 0) is 27.9 Å². The number of nitrogens with one attached hydrogen (secondary N) is 1. The summed E-state index contributed by atoms with van der Waals surface area (Å²) < 4.78 is 45.5. The third kappa shape index (κ3) is 5.13. The van der Waals surface area contributed by atoms with Gasteiger partial charge in [-0.15, -0.1) is 0 Å². The predicted octanol–water partition coefficient (Wildman–Crippen LogP) is 3.23. The van der Waals surface area contributed by atoms with Crippen LogP contribution < -0.4 is 4.72 Å². The molecule has 4 nitrogen and oxygen atoms in total. The maximum absolute atomic E-state index is 12.9. The van der Waals surface area contributed by atoms with Gasteiger partial charge in [0.05, 0.1) is 17.6 Å². The van der Waals surface area contributed by atoms with Gasteiger partial charge in [-0.25, -0.2) is 17.5 Å². The molecule has 0 aliphatic rings. The van der Waals surface area contributed by atoms with Gasteiger partial charge in [-0.2, -0.15) is 0 Å². The molecular formula is C17H20FNO3S. The van der Waals surface area contributed by atoms with Gasteiger partial charge in [-0.05, 0) is 49.2 Å². The maximum atomic E-state index is 12.9. The van der Waals surface area contributed by atoms with Crippen molar-refractivity contribution >= 4 is 10.0 Å². The van der Waals surface area contributed by atoms with Crippen LogP contribution in [-0.4, -0.2) is 14.5 Å². The molecule has 0 unspecified atom stereocenters. The fraction of sp³-hybridized carbons (Fsp3) is 0.294. The Morgan fingerprint density at radius 2 is 1.65 bits per heavy atom. The first-order valence-corrected chi connectivity index (χ1v) is 8.80. The third-order valence-corrected chi connectivity index (χ3v) is 4.68. The van der Waals surface area contributed by atoms with Gasteiger partial charge in [0.25, 0.3) is 0 Å². The number of ether oxygens (including phenoxy) is 1. The summed E-state index contributed by atoms with van der Waals surface area (Å²) in [7, 11) is -3.68. The first-order valence-electron chi connectivity index (χ1n) is 7.32. The molecule has 0 saturated carbocycles. The Kier molecular flexibility index (Phi) is 5.87. The van der Waals surface area contributed by atoms with Crippen LogP contribution in [0.3, 0.4) is 0 Å². The van der Waals surface area contributed by atoms with Crippen molar-refractivity contribution in [1.29, 1.82) is 0 Å². The summed E-state index contributed by atoms with van der Waals surface area (Å²) >= 11 is 0. The van der Waals surface area contributed by atoms with Crippen LogP contribution in [0.5, 0.6) is 0 Å². The van der Waals surface area contributed by atoms with Gasteiger partial charge < -0.3 is 4.74 Å². The Balaban J connectivity index is 2.09. The van der Waals surface area contributed by atoms with E-state index in [1.807, 2.05) is 38.1 Å². The van der Waals surface area contributed by atoms with Gasteiger partial charge >= 0.3 is 0 Å². The highest BCUT2D eigenvalue weighted by Crippen LogP contribution is 2.14. The molecule has 2 aromatic rings. The van der Waals surface area contributed by atoms with Gasteiger partial charge in [-0.3, -0.25) is 0 Å². The second-order valence-electron chi connectivity index (χ2n) is 5.41. The molecule has 0 aliphatic carbocycles. The highest BCUT2D eigenvalue weighted by Gasteiger charge is 2.14. The zero-order valence-corrected chi connectivity index (χ0v) is 13.9. The van der Waals surface area contributed by atoms with E-state index in [4.69, 9.17) is 4.74 Å². The van der Waals surface area contributed by atoms with Crippen LogP contribution in [0.2, 0.25) is 0 Å². The average Bonchev–Trinajstić information content (AvgIpc) is 2.52. The van der Waals surface area contributed by atoms with Gasteiger partial charge in [0.2, 0.25) is 10.0 Å². The molecular weight excluding hydrogens is 317 g/mol. The first-order chi connectivity index (χ1) is 10.9. The number of sulfonamides is 1. The molecule has 0 aliphatic heterocycles. The molecule has 0 amide bonds. The van der Waals surface area contributed by atoms with Crippen LogP contribution in [0.25, 0.3) is 0 Å². The van der Waals surface area contributed by atoms with E-state index >= 15 is 0 Å². The molecule has 0 radical (unpaired) electrons. The minimum atomic E-state index is -3.68. The fourth-order valence-corrected chi connectivity index (χ4v) is 3.00. The predicted molar refractivity (Wildman–Crippen MR) is 86.8 cm³/mol. The lowest BCUT2D eigenvalue weighted by Crippen LogP contribution is -2.24. The van der Waals surface area contributed by atoms with Crippen molar-refractivity contribution < 1.29 is 17.5 Å². The molecule has 0 fully saturated rings. The second kappa shape index (κ2) is 7.68. The SMILES string of the molecule is CC(C)OCc1ccccc1CNS(=O)(=O)c1ccc(F)cc1. The van der Waals surface area contributed by atoms with Gasteiger partial charge in [0.1, 0.15) is 5.82 Å². The Morgan fingerprint density at radius 1 is 1.04 bits per heavy atom. The molecule has 0 saturated heterocycles. The van der Waals surface area contributed by atoms with Crippen molar-refractivity contribution in [2.75, 3.05) is 0 Å². The standard InChI is InChI=1S/C17H20FNO3S/c1-13(2)22-12-15-6-4-3-5-14(15)11-19-23(20,21)17-9-7-16(18)8-10-17/h3-10,13,19H,11-12H2,1-2H3. The summed E-state index contributed by atoms with van der Waals surface area (Å²) in [5.41, 5.74) is 1.78. The summed E-state index contributed by atoms with van der Waals surface area (Å²) in [6.45, 7) is 4.46. The topological polar surface area (TPSA) is 55.4 Å². The van der Waals surface area contributed by atoms with Gasteiger partial charge in [0.15, 0.2) is 0 Å². The largest absolute Gasteiger partial charge is 0.374 e. The second-order valence-corrected chi connectivity index (χ2v) is 7.17. The van der Waals surface area contributed by atoms with Gasteiger partial charge in [-0.1, -0.05) is 24.3 Å². The van der Waals surface area contributed by atoms with Crippen LogP contribution in [0, 0.1) is 5.82 Å². The van der Waals surface area contributed by atoms with E-state index in [9.17, 15) is 12.8 Å². The summed E-state index contributed by atoms with van der Waals surface area (Å²) in [5, 5.41) is 0. The van der Waals surface area contributed by atoms with E-state index in [0.717, 1.165) is 23.3 Å². The minimum absolute atomic E-state index is 0.0369. The molecule has 0 spiro atoms. The van der Waals surface area contributed by atoms with E-state index in [2.05, 4.69) is 4.72 Å². The van der Waals surface area contributed by atoms with E-state index in [1.54, 1.807) is 0 Å². The quantitative estimate of drug-likeness (QED) is 0.844. The molecule has 6 heteroatoms. The van der Waals surface area contributed by atoms with Crippen LogP contribution in [0.15, 0.2) is 53.4 Å². The highest BCUT2D eigenvalue weighted by molar-refractivity contribution is 7.89. The van der Waals surface area contributed by atoms with Crippen molar-refractivity contribution in [3.8, 4) is 0 Å². The smallest absolute Gasteiger partial charge is 0.240 e. The summed E-state index contributed by atoms with van der Waals surface area (Å²) in [6.07, 6.45) is 0.0963. The molecule has 124 valence electrons. The zero-order chi connectivity index (χ0) is 16.9. The minimum Gasteiger partial charge on any atom is -0.374 e. The van der Waals surface area contributed by atoms with E-state index < -0.39 is 15.8 Å². The van der Waals surface area contributed by atoms with Crippen molar-refractivity contribution in [2.24, 2.45) is 0 Å². The Hall–Kier alpha value is -1.76. The summed E-state index contributed by atoms with van der Waals surface area (Å²) in [5.74, 6) is -0.472. The Morgan fingerprint density at radius 3 is 2.26 bits per heavy atom. The monoisotopic (exact) mass is 337 g/mol. The van der Waals surface area contributed by atoms with E-state index in [-0.39, 0.29) is 17.5 Å². The average molecular weight is 337 g/mol. The molecule has 0 aromatic heterocycles. The number of hydrogen-bond donors (Lipinski definition) is 1. The maximum Gasteiger partial charge on any atom is 0.240 e. The lowest BCUT2D eigenvalue weighted by molar-refractivity contribution is 0.0652. The van der Waals surface area contributed by atoms with Crippen molar-refractivity contribution in [3.63, 3.8) is 0 Å². The van der Waals surface area contributed by atoms with Crippen molar-refractivity contribution in [1.82, 2.24) is 4.72 Å². The first kappa shape index (κ1) is 17.6. The van der Waals surface area contributed by atoms with Crippen LogP contribution in [0.4, 0.5) is 4.39 Å². The van der Waals surface area contributed by atoms with Gasteiger partial charge in [0, 0.05) is 6.54 Å². The third-order valence-electron chi connectivity index (χ3n) is 3.27. The summed E-state index contributed by atoms with van der Waals surface area (Å²) in [4.78, 5) is 0.0369. The molecule has 0 heterocycles. The Labute approximate surface area is 136 Å². The van der Waals surface area contributed by atoms with Crippen molar-refractivity contribution in [3.05, 3.63) is 65.5 Å². The molecule has 0 atom stereocenters. The fourth-order valence-electron chi connectivity index (χ4n) is 2.00. The Bertz CT molecular complexity index is 743. The van der Waals surface area contributed by atoms with Crippen LogP contribution >= 0.6 is 0 Å². The number of hydrogen-bond acceptors (Lipinski definition) is 3. The van der Waals surface area contributed by atoms with E-state index in [0.29, 0.717) is 6.61 Å². The van der Waals surface area contributed by atoms with Crippen LogP contribution in [0.1, 0.15) is 25.0 Å². The number of halogens is 1. The molecule has 2 aromatic carbocycles. The molecule has 2 rings (SSSR count). The number of rotatable bonds is 7. The van der Waals surface area contributed by atoms with Crippen molar-refractivity contribution in [2.45, 2.75) is 38.0 Å². The number of benzene rings is 2. The molecule has 23 heavy (non-hydrogen) atoms. The lowest BCUT2D eigenvalue weighted by atomic mass is 10.1. The van der Waals surface area contributed by atoms with E-state index in [1.165, 1.54) is 12.1 Å². The highest BCUT2D eigenvalue weighted by atomic mass is 32.2. The molecule has 0 bridgehead atoms. The summed E-state index contributed by atoms with van der Waals surface area (Å²) in [6, 6.07) is 12.2. The molecule has 1 N–H and O–H groups in total.